The van der Waals surface area contributed by atoms with Crippen LogP contribution in [0.4, 0.5) is 0 Å². The third-order valence-corrected chi connectivity index (χ3v) is 7.93. The molecule has 2 heterocycles. The number of nitrogens with zero attached hydrogens (tertiary/aromatic N) is 1. The maximum atomic E-state index is 13.1. The maximum absolute atomic E-state index is 13.1. The normalized spacial score (nSPS) is 38.6. The zero-order chi connectivity index (χ0) is 30.0. The van der Waals surface area contributed by atoms with Gasteiger partial charge in [-0.1, -0.05) is 37.6 Å². The lowest BCUT2D eigenvalue weighted by molar-refractivity contribution is -0.268. The molecule has 40 heavy (non-hydrogen) atoms. The first kappa shape index (κ1) is 34.0. The van der Waals surface area contributed by atoms with Gasteiger partial charge in [0.25, 0.3) is 0 Å². The molecule has 9 heteroatoms. The number of aliphatic hydroxyl groups is 2. The fourth-order valence-electron chi connectivity index (χ4n) is 5.53. The van der Waals surface area contributed by atoms with E-state index in [1.807, 2.05) is 59.7 Å². The monoisotopic (exact) mass is 563 g/mol. The standard InChI is InChI=1S/C31H49NO8/c1-8-27-24(18-34)15-19(2)9-11-26(35)21(4)16-23(13-14-33)30(20(3)10-12-28(36)39-27)40-31-29(37)25(32(6)7)17-22(5)38-31/h9-11,14-15,21-25,27,29-31,34,37H,8,12-13,16-18H2,1-7H3/b11-9+,19-15+,20-10+/t21-,22-,23?,24-,25+,27-,29-,30-,31+/m1/s1. The molecule has 0 bridgehead atoms. The minimum atomic E-state index is -0.954. The Labute approximate surface area is 239 Å². The molecule has 2 rings (SSSR count). The molecule has 2 aliphatic rings. The van der Waals surface area contributed by atoms with Crippen LogP contribution in [0.15, 0.2) is 35.5 Å². The summed E-state index contributed by atoms with van der Waals surface area (Å²) in [5, 5.41) is 21.1. The number of hydrogen-bond acceptors (Lipinski definition) is 9. The van der Waals surface area contributed by atoms with E-state index in [0.29, 0.717) is 24.8 Å². The number of carbonyl (C=O) groups excluding carboxylic acids is 3. The minimum absolute atomic E-state index is 0.0317. The average Bonchev–Trinajstić information content (AvgIpc) is 2.91. The first-order chi connectivity index (χ1) is 18.9. The van der Waals surface area contributed by atoms with Gasteiger partial charge in [-0.3, -0.25) is 9.59 Å². The summed E-state index contributed by atoms with van der Waals surface area (Å²) in [6.07, 6.45) is 5.90. The van der Waals surface area contributed by atoms with Crippen LogP contribution in [0.3, 0.4) is 0 Å². The highest BCUT2D eigenvalue weighted by molar-refractivity contribution is 5.91. The molecule has 1 saturated heterocycles. The summed E-state index contributed by atoms with van der Waals surface area (Å²) in [5.41, 5.74) is 1.46. The van der Waals surface area contributed by atoms with Gasteiger partial charge in [0.15, 0.2) is 12.1 Å². The fourth-order valence-corrected chi connectivity index (χ4v) is 5.53. The van der Waals surface area contributed by atoms with Gasteiger partial charge in [-0.2, -0.15) is 0 Å². The highest BCUT2D eigenvalue weighted by atomic mass is 16.7. The van der Waals surface area contributed by atoms with E-state index in [2.05, 4.69) is 0 Å². The first-order valence-corrected chi connectivity index (χ1v) is 14.4. The van der Waals surface area contributed by atoms with Crippen LogP contribution in [0.5, 0.6) is 0 Å². The predicted molar refractivity (Wildman–Crippen MR) is 152 cm³/mol. The molecule has 2 N–H and O–H groups in total. The topological polar surface area (TPSA) is 123 Å². The van der Waals surface area contributed by atoms with Crippen LogP contribution in [0.25, 0.3) is 0 Å². The molecule has 9 nitrogen and oxygen atoms in total. The molecule has 0 spiro atoms. The summed E-state index contributed by atoms with van der Waals surface area (Å²) < 4.78 is 18.2. The van der Waals surface area contributed by atoms with Crippen molar-refractivity contribution in [1.82, 2.24) is 4.90 Å². The Bertz CT molecular complexity index is 942. The van der Waals surface area contributed by atoms with Gasteiger partial charge in [0.1, 0.15) is 18.5 Å². The molecule has 9 atom stereocenters. The second-order valence-corrected chi connectivity index (χ2v) is 11.5. The van der Waals surface area contributed by atoms with E-state index in [1.165, 1.54) is 6.08 Å². The van der Waals surface area contributed by atoms with E-state index in [1.54, 1.807) is 12.2 Å². The SMILES string of the molecule is CC[C@H]1OC(=O)C/C=C(\C)[C@@H](O[C@@H]2O[C@H](C)C[C@H](N(C)C)[C@H]2O)C(CC=O)C[C@@H](C)C(=O)/C=C/C(C)=C/[C@@H]1CO. The third kappa shape index (κ3) is 9.73. The van der Waals surface area contributed by atoms with Gasteiger partial charge in [-0.25, -0.2) is 0 Å². The Kier molecular flexibility index (Phi) is 13.9. The van der Waals surface area contributed by atoms with Crippen LogP contribution in [0.2, 0.25) is 0 Å². The highest BCUT2D eigenvalue weighted by Crippen LogP contribution is 2.32. The van der Waals surface area contributed by atoms with Crippen molar-refractivity contribution in [3.05, 3.63) is 35.5 Å². The Hall–Kier alpha value is -2.17. The lowest BCUT2D eigenvalue weighted by Gasteiger charge is -2.43. The summed E-state index contributed by atoms with van der Waals surface area (Å²) in [5.74, 6) is -1.75. The van der Waals surface area contributed by atoms with Crippen LogP contribution in [-0.4, -0.2) is 90.6 Å². The highest BCUT2D eigenvalue weighted by Gasteiger charge is 2.41. The van der Waals surface area contributed by atoms with Crippen LogP contribution < -0.4 is 0 Å². The molecule has 0 aromatic carbocycles. The molecule has 2 aliphatic heterocycles. The number of aliphatic hydroxyl groups excluding tert-OH is 2. The van der Waals surface area contributed by atoms with Gasteiger partial charge < -0.3 is 34.1 Å². The zero-order valence-electron chi connectivity index (χ0n) is 25.1. The number of aldehydes is 1. The van der Waals surface area contributed by atoms with E-state index in [-0.39, 0.29) is 37.4 Å². The van der Waals surface area contributed by atoms with Crippen molar-refractivity contribution in [1.29, 1.82) is 0 Å². The first-order valence-electron chi connectivity index (χ1n) is 14.4. The number of carbonyl (C=O) groups is 3. The van der Waals surface area contributed by atoms with Gasteiger partial charge in [0.2, 0.25) is 0 Å². The summed E-state index contributed by atoms with van der Waals surface area (Å²) >= 11 is 0. The van der Waals surface area contributed by atoms with Crippen molar-refractivity contribution < 1.29 is 38.8 Å². The van der Waals surface area contributed by atoms with Crippen molar-refractivity contribution in [3.63, 3.8) is 0 Å². The fraction of sp³-hybridized carbons (Fsp3) is 0.710. The average molecular weight is 564 g/mol. The summed E-state index contributed by atoms with van der Waals surface area (Å²) in [6, 6.07) is -0.184. The number of allylic oxidation sites excluding steroid dienone is 3. The van der Waals surface area contributed by atoms with E-state index < -0.39 is 48.3 Å². The van der Waals surface area contributed by atoms with Crippen molar-refractivity contribution in [2.45, 2.75) is 103 Å². The van der Waals surface area contributed by atoms with E-state index in [0.717, 1.165) is 11.9 Å². The number of ketones is 1. The molecule has 226 valence electrons. The number of hydrogen-bond donors (Lipinski definition) is 2. The van der Waals surface area contributed by atoms with E-state index in [4.69, 9.17) is 14.2 Å². The number of likely N-dealkylation sites (N-methyl/N-ethyl adjacent to an activating group) is 1. The maximum Gasteiger partial charge on any atom is 0.309 e. The Morgan fingerprint density at radius 1 is 1.15 bits per heavy atom. The van der Waals surface area contributed by atoms with Crippen LogP contribution >= 0.6 is 0 Å². The number of cyclic esters (lactones) is 1. The van der Waals surface area contributed by atoms with E-state index in [9.17, 15) is 24.6 Å². The molecule has 0 aromatic rings. The molecule has 0 saturated carbocycles. The summed E-state index contributed by atoms with van der Waals surface area (Å²) in [6.45, 7) is 9.07. The Morgan fingerprint density at radius 3 is 2.45 bits per heavy atom. The summed E-state index contributed by atoms with van der Waals surface area (Å²) in [7, 11) is 3.79. The second-order valence-electron chi connectivity index (χ2n) is 11.5. The molecule has 0 aliphatic carbocycles. The van der Waals surface area contributed by atoms with Gasteiger partial charge >= 0.3 is 5.97 Å². The Morgan fingerprint density at radius 2 is 1.85 bits per heavy atom. The van der Waals surface area contributed by atoms with Crippen molar-refractivity contribution in [2.75, 3.05) is 20.7 Å². The predicted octanol–water partition coefficient (Wildman–Crippen LogP) is 3.38. The van der Waals surface area contributed by atoms with Gasteiger partial charge in [0, 0.05) is 24.3 Å². The molecule has 1 unspecified atom stereocenters. The lowest BCUT2D eigenvalue weighted by atomic mass is 9.83. The molecule has 1 fully saturated rings. The molecular formula is C31H49NO8. The molecule has 0 radical (unpaired) electrons. The van der Waals surface area contributed by atoms with Gasteiger partial charge in [-0.05, 0) is 71.7 Å². The lowest BCUT2D eigenvalue weighted by Crippen LogP contribution is -2.55. The minimum Gasteiger partial charge on any atom is -0.461 e. The number of ether oxygens (including phenoxy) is 3. The second kappa shape index (κ2) is 16.3. The van der Waals surface area contributed by atoms with Gasteiger partial charge in [-0.15, -0.1) is 0 Å². The largest absolute Gasteiger partial charge is 0.461 e. The number of rotatable bonds is 7. The molecule has 0 amide bonds. The zero-order valence-corrected chi connectivity index (χ0v) is 25.1. The van der Waals surface area contributed by atoms with Crippen LogP contribution in [0, 0.1) is 17.8 Å². The van der Waals surface area contributed by atoms with Crippen molar-refractivity contribution >= 4 is 18.0 Å². The number of esters is 1. The van der Waals surface area contributed by atoms with E-state index >= 15 is 0 Å². The smallest absolute Gasteiger partial charge is 0.309 e. The quantitative estimate of drug-likeness (QED) is 0.273. The Balaban J connectivity index is 2.49. The van der Waals surface area contributed by atoms with Crippen LogP contribution in [-0.2, 0) is 28.6 Å². The van der Waals surface area contributed by atoms with Crippen molar-refractivity contribution in [2.24, 2.45) is 17.8 Å². The van der Waals surface area contributed by atoms with Crippen LogP contribution in [0.1, 0.15) is 66.7 Å². The molecular weight excluding hydrogens is 514 g/mol. The van der Waals surface area contributed by atoms with Gasteiger partial charge in [0.05, 0.1) is 25.2 Å². The third-order valence-electron chi connectivity index (χ3n) is 7.93. The molecule has 0 aromatic heterocycles. The van der Waals surface area contributed by atoms with Crippen molar-refractivity contribution in [3.8, 4) is 0 Å². The summed E-state index contributed by atoms with van der Waals surface area (Å²) in [4.78, 5) is 39.6.